The van der Waals surface area contributed by atoms with Crippen molar-refractivity contribution in [2.75, 3.05) is 6.54 Å². The van der Waals surface area contributed by atoms with Crippen LogP contribution in [0.3, 0.4) is 0 Å². The second-order valence-corrected chi connectivity index (χ2v) is 6.51. The minimum Gasteiger partial charge on any atom is -0.336 e. The zero-order valence-electron chi connectivity index (χ0n) is 13.1. The summed E-state index contributed by atoms with van der Waals surface area (Å²) in [5.41, 5.74) is 1.02. The lowest BCUT2D eigenvalue weighted by Crippen LogP contribution is -2.35. The molecule has 1 aliphatic rings. The van der Waals surface area contributed by atoms with E-state index in [0.717, 1.165) is 36.7 Å². The molecular weight excluding hydrogens is 276 g/mol. The third-order valence-corrected chi connectivity index (χ3v) is 4.18. The quantitative estimate of drug-likeness (QED) is 0.921. The predicted molar refractivity (Wildman–Crippen MR) is 88.1 cm³/mol. The van der Waals surface area contributed by atoms with Gasteiger partial charge in [-0.05, 0) is 31.2 Å². The number of para-hydroxylation sites is 1. The van der Waals surface area contributed by atoms with Crippen LogP contribution in [0.1, 0.15) is 43.5 Å². The molecule has 0 saturated heterocycles. The number of carbonyl (C=O) groups is 1. The van der Waals surface area contributed by atoms with Crippen molar-refractivity contribution in [1.29, 1.82) is 0 Å². The lowest BCUT2D eigenvalue weighted by Gasteiger charge is -2.24. The van der Waals surface area contributed by atoms with Crippen LogP contribution in [0.15, 0.2) is 35.1 Å². The van der Waals surface area contributed by atoms with Crippen molar-refractivity contribution in [2.45, 2.75) is 39.2 Å². The standard InChI is InChI=1S/C18H22N2O2/c1-12(2)9-10-20(13-7-8-13)18(22)15-11-17(21)19-16-6-4-3-5-14(15)16/h3-6,11-13H,7-10H2,1-2H3,(H,19,21). The number of amides is 1. The van der Waals surface area contributed by atoms with Gasteiger partial charge in [-0.25, -0.2) is 0 Å². The maximum Gasteiger partial charge on any atom is 0.254 e. The molecule has 0 spiro atoms. The molecule has 1 N–H and O–H groups in total. The van der Waals surface area contributed by atoms with E-state index >= 15 is 0 Å². The van der Waals surface area contributed by atoms with Gasteiger partial charge in [0.1, 0.15) is 0 Å². The molecule has 4 nitrogen and oxygen atoms in total. The van der Waals surface area contributed by atoms with E-state index in [4.69, 9.17) is 0 Å². The monoisotopic (exact) mass is 298 g/mol. The average Bonchev–Trinajstić information content (AvgIpc) is 3.30. The van der Waals surface area contributed by atoms with Crippen LogP contribution in [0.2, 0.25) is 0 Å². The van der Waals surface area contributed by atoms with Crippen LogP contribution in [0.25, 0.3) is 10.9 Å². The summed E-state index contributed by atoms with van der Waals surface area (Å²) < 4.78 is 0. The van der Waals surface area contributed by atoms with E-state index < -0.39 is 0 Å². The van der Waals surface area contributed by atoms with E-state index in [2.05, 4.69) is 18.8 Å². The maximum absolute atomic E-state index is 13.0. The van der Waals surface area contributed by atoms with Crippen molar-refractivity contribution < 1.29 is 4.79 Å². The van der Waals surface area contributed by atoms with Gasteiger partial charge in [0.25, 0.3) is 5.91 Å². The zero-order valence-corrected chi connectivity index (χ0v) is 13.1. The van der Waals surface area contributed by atoms with Gasteiger partial charge in [0.05, 0.1) is 5.56 Å². The summed E-state index contributed by atoms with van der Waals surface area (Å²) in [5.74, 6) is 0.551. The second kappa shape index (κ2) is 5.95. The first-order valence-corrected chi connectivity index (χ1v) is 7.99. The van der Waals surface area contributed by atoms with E-state index in [1.807, 2.05) is 29.2 Å². The number of nitrogens with one attached hydrogen (secondary N) is 1. The Kier molecular flexibility index (Phi) is 4.01. The number of pyridine rings is 1. The molecule has 1 saturated carbocycles. The minimum atomic E-state index is -0.221. The number of benzene rings is 1. The Hall–Kier alpha value is -2.10. The molecule has 1 aliphatic carbocycles. The van der Waals surface area contributed by atoms with Gasteiger partial charge in [0, 0.05) is 29.6 Å². The Morgan fingerprint density at radius 1 is 1.32 bits per heavy atom. The van der Waals surface area contributed by atoms with Gasteiger partial charge in [0.15, 0.2) is 0 Å². The predicted octanol–water partition coefficient (Wildman–Crippen LogP) is 3.18. The van der Waals surface area contributed by atoms with E-state index in [9.17, 15) is 9.59 Å². The highest BCUT2D eigenvalue weighted by atomic mass is 16.2. The summed E-state index contributed by atoms with van der Waals surface area (Å²) in [6.07, 6.45) is 3.14. The topological polar surface area (TPSA) is 53.2 Å². The molecule has 0 atom stereocenters. The van der Waals surface area contributed by atoms with Gasteiger partial charge < -0.3 is 9.88 Å². The summed E-state index contributed by atoms with van der Waals surface area (Å²) in [6.45, 7) is 5.10. The molecule has 1 aromatic heterocycles. The van der Waals surface area contributed by atoms with Gasteiger partial charge in [-0.1, -0.05) is 32.0 Å². The van der Waals surface area contributed by atoms with Gasteiger partial charge in [0.2, 0.25) is 5.56 Å². The summed E-state index contributed by atoms with van der Waals surface area (Å²) in [6, 6.07) is 9.28. The van der Waals surface area contributed by atoms with Gasteiger partial charge >= 0.3 is 0 Å². The molecule has 1 aromatic carbocycles. The number of nitrogens with zero attached hydrogens (tertiary/aromatic N) is 1. The minimum absolute atomic E-state index is 0.00884. The Balaban J connectivity index is 1.97. The molecule has 4 heteroatoms. The normalized spacial score (nSPS) is 14.5. The second-order valence-electron chi connectivity index (χ2n) is 6.51. The first-order valence-electron chi connectivity index (χ1n) is 7.99. The SMILES string of the molecule is CC(C)CCN(C(=O)c1cc(=O)[nH]c2ccccc12)C1CC1. The Morgan fingerprint density at radius 3 is 2.73 bits per heavy atom. The van der Waals surface area contributed by atoms with Gasteiger partial charge in [-0.2, -0.15) is 0 Å². The summed E-state index contributed by atoms with van der Waals surface area (Å²) in [5, 5.41) is 0.822. The molecule has 22 heavy (non-hydrogen) atoms. The lowest BCUT2D eigenvalue weighted by atomic mass is 10.1. The van der Waals surface area contributed by atoms with Crippen LogP contribution in [-0.2, 0) is 0 Å². The smallest absolute Gasteiger partial charge is 0.254 e. The molecule has 1 heterocycles. The van der Waals surface area contributed by atoms with E-state index in [1.165, 1.54) is 6.07 Å². The van der Waals surface area contributed by atoms with Crippen molar-refractivity contribution in [3.8, 4) is 0 Å². The fraction of sp³-hybridized carbons (Fsp3) is 0.444. The molecule has 0 bridgehead atoms. The van der Waals surface area contributed by atoms with Crippen molar-refractivity contribution in [2.24, 2.45) is 5.92 Å². The number of aromatic amines is 1. The summed E-state index contributed by atoms with van der Waals surface area (Å²) in [4.78, 5) is 29.6. The zero-order chi connectivity index (χ0) is 15.7. The number of carbonyl (C=O) groups excluding carboxylic acids is 1. The molecule has 1 amide bonds. The Morgan fingerprint density at radius 2 is 2.05 bits per heavy atom. The van der Waals surface area contributed by atoms with E-state index in [0.29, 0.717) is 17.5 Å². The number of aromatic nitrogens is 1. The van der Waals surface area contributed by atoms with Crippen LogP contribution in [0.4, 0.5) is 0 Å². The first kappa shape index (κ1) is 14.8. The molecule has 3 rings (SSSR count). The average molecular weight is 298 g/mol. The molecule has 2 aromatic rings. The Labute approximate surface area is 130 Å². The van der Waals surface area contributed by atoms with Crippen LogP contribution < -0.4 is 5.56 Å². The van der Waals surface area contributed by atoms with Crippen LogP contribution >= 0.6 is 0 Å². The number of rotatable bonds is 5. The number of H-pyrrole nitrogens is 1. The van der Waals surface area contributed by atoms with Gasteiger partial charge in [-0.3, -0.25) is 9.59 Å². The van der Waals surface area contributed by atoms with E-state index in [-0.39, 0.29) is 11.5 Å². The maximum atomic E-state index is 13.0. The summed E-state index contributed by atoms with van der Waals surface area (Å²) in [7, 11) is 0. The molecule has 116 valence electrons. The third kappa shape index (κ3) is 3.06. The fourth-order valence-corrected chi connectivity index (χ4v) is 2.77. The highest BCUT2D eigenvalue weighted by molar-refractivity contribution is 6.06. The van der Waals surface area contributed by atoms with Crippen molar-refractivity contribution in [3.63, 3.8) is 0 Å². The van der Waals surface area contributed by atoms with Crippen LogP contribution in [-0.4, -0.2) is 28.4 Å². The van der Waals surface area contributed by atoms with E-state index in [1.54, 1.807) is 0 Å². The largest absolute Gasteiger partial charge is 0.336 e. The van der Waals surface area contributed by atoms with Gasteiger partial charge in [-0.15, -0.1) is 0 Å². The summed E-state index contributed by atoms with van der Waals surface area (Å²) >= 11 is 0. The van der Waals surface area contributed by atoms with Crippen molar-refractivity contribution >= 4 is 16.8 Å². The lowest BCUT2D eigenvalue weighted by molar-refractivity contribution is 0.0737. The molecule has 0 radical (unpaired) electrons. The number of fused-ring (bicyclic) bond motifs is 1. The van der Waals surface area contributed by atoms with Crippen LogP contribution in [0.5, 0.6) is 0 Å². The first-order chi connectivity index (χ1) is 10.6. The Bertz CT molecular complexity index is 744. The molecule has 0 unspecified atom stereocenters. The highest BCUT2D eigenvalue weighted by Gasteiger charge is 2.33. The van der Waals surface area contributed by atoms with Crippen molar-refractivity contribution in [1.82, 2.24) is 9.88 Å². The molecule has 1 fully saturated rings. The molecular formula is C18H22N2O2. The van der Waals surface area contributed by atoms with Crippen LogP contribution in [0, 0.1) is 5.92 Å². The molecule has 0 aliphatic heterocycles. The number of hydrogen-bond acceptors (Lipinski definition) is 2. The highest BCUT2D eigenvalue weighted by Crippen LogP contribution is 2.30. The van der Waals surface area contributed by atoms with Crippen molar-refractivity contribution in [3.05, 3.63) is 46.2 Å². The number of hydrogen-bond donors (Lipinski definition) is 1. The fourth-order valence-electron chi connectivity index (χ4n) is 2.77. The third-order valence-electron chi connectivity index (χ3n) is 4.18.